The Labute approximate surface area is 109 Å². The van der Waals surface area contributed by atoms with Gasteiger partial charge >= 0.3 is 6.03 Å². The lowest BCUT2D eigenvalue weighted by atomic mass is 9.98. The number of amides is 2. The Bertz CT molecular complexity index is 456. The van der Waals surface area contributed by atoms with Crippen LogP contribution in [-0.2, 0) is 6.54 Å². The smallest absolute Gasteiger partial charge is 0.317 e. The van der Waals surface area contributed by atoms with E-state index in [0.717, 1.165) is 22.4 Å². The number of aryl methyl sites for hydroxylation is 2. The molecule has 0 saturated heterocycles. The van der Waals surface area contributed by atoms with Gasteiger partial charge in [0.2, 0.25) is 0 Å². The Morgan fingerprint density at radius 2 is 1.94 bits per heavy atom. The Morgan fingerprint density at radius 1 is 1.33 bits per heavy atom. The second-order valence-corrected chi connectivity index (χ2v) is 4.56. The molecule has 0 radical (unpaired) electrons. The second-order valence-electron chi connectivity index (χ2n) is 4.56. The Kier molecular flexibility index (Phi) is 4.59. The van der Waals surface area contributed by atoms with Gasteiger partial charge in [0.15, 0.2) is 0 Å². The van der Waals surface area contributed by atoms with E-state index >= 15 is 0 Å². The van der Waals surface area contributed by atoms with E-state index in [4.69, 9.17) is 4.74 Å². The SMILES string of the molecule is CNC(=O)N(C)Cc1c(C)cc(C)c(C)c1OC. The largest absolute Gasteiger partial charge is 0.496 e. The minimum atomic E-state index is -0.102. The van der Waals surface area contributed by atoms with Crippen molar-refractivity contribution in [3.05, 3.63) is 28.3 Å². The normalized spacial score (nSPS) is 10.1. The number of hydrogen-bond donors (Lipinski definition) is 1. The van der Waals surface area contributed by atoms with Gasteiger partial charge in [-0.15, -0.1) is 0 Å². The summed E-state index contributed by atoms with van der Waals surface area (Å²) < 4.78 is 5.49. The highest BCUT2D eigenvalue weighted by molar-refractivity contribution is 5.73. The van der Waals surface area contributed by atoms with Crippen LogP contribution in [0.25, 0.3) is 0 Å². The van der Waals surface area contributed by atoms with Crippen LogP contribution < -0.4 is 10.1 Å². The fraction of sp³-hybridized carbons (Fsp3) is 0.500. The third kappa shape index (κ3) is 2.75. The molecule has 1 rings (SSSR count). The van der Waals surface area contributed by atoms with E-state index in [1.807, 2.05) is 13.8 Å². The van der Waals surface area contributed by atoms with Gasteiger partial charge in [0.05, 0.1) is 13.7 Å². The molecule has 0 unspecified atom stereocenters. The molecule has 0 spiro atoms. The molecule has 0 fully saturated rings. The molecule has 0 bridgehead atoms. The Morgan fingerprint density at radius 3 is 2.44 bits per heavy atom. The van der Waals surface area contributed by atoms with E-state index in [1.54, 1.807) is 26.1 Å². The van der Waals surface area contributed by atoms with Gasteiger partial charge in [-0.3, -0.25) is 0 Å². The van der Waals surface area contributed by atoms with Crippen molar-refractivity contribution in [1.82, 2.24) is 10.2 Å². The van der Waals surface area contributed by atoms with Crippen LogP contribution in [0.2, 0.25) is 0 Å². The zero-order chi connectivity index (χ0) is 13.9. The molecule has 100 valence electrons. The van der Waals surface area contributed by atoms with Crippen LogP contribution in [0.1, 0.15) is 22.3 Å². The molecule has 1 aromatic rings. The van der Waals surface area contributed by atoms with Gasteiger partial charge < -0.3 is 15.0 Å². The van der Waals surface area contributed by atoms with Gasteiger partial charge in [-0.25, -0.2) is 4.79 Å². The Balaban J connectivity index is 3.16. The zero-order valence-corrected chi connectivity index (χ0v) is 12.0. The summed E-state index contributed by atoms with van der Waals surface area (Å²) in [5, 5.41) is 2.61. The van der Waals surface area contributed by atoms with E-state index < -0.39 is 0 Å². The van der Waals surface area contributed by atoms with Crippen LogP contribution in [0, 0.1) is 20.8 Å². The van der Waals surface area contributed by atoms with Crippen LogP contribution in [-0.4, -0.2) is 32.1 Å². The van der Waals surface area contributed by atoms with Crippen molar-refractivity contribution in [1.29, 1.82) is 0 Å². The van der Waals surface area contributed by atoms with E-state index in [1.165, 1.54) is 5.56 Å². The van der Waals surface area contributed by atoms with Gasteiger partial charge in [-0.05, 0) is 37.5 Å². The molecule has 1 aromatic carbocycles. The molecule has 18 heavy (non-hydrogen) atoms. The number of carbonyl (C=O) groups is 1. The van der Waals surface area contributed by atoms with E-state index in [-0.39, 0.29) is 6.03 Å². The Hall–Kier alpha value is -1.71. The average molecular weight is 250 g/mol. The lowest BCUT2D eigenvalue weighted by Gasteiger charge is -2.22. The molecule has 0 aliphatic rings. The summed E-state index contributed by atoms with van der Waals surface area (Å²) in [7, 11) is 5.07. The molecule has 0 aliphatic heterocycles. The number of rotatable bonds is 3. The summed E-state index contributed by atoms with van der Waals surface area (Å²) in [6.45, 7) is 6.69. The molecule has 0 heterocycles. The van der Waals surface area contributed by atoms with Gasteiger partial charge in [-0.2, -0.15) is 0 Å². The predicted molar refractivity (Wildman–Crippen MR) is 73.1 cm³/mol. The summed E-state index contributed by atoms with van der Waals surface area (Å²) in [5.41, 5.74) is 4.54. The lowest BCUT2D eigenvalue weighted by molar-refractivity contribution is 0.208. The standard InChI is InChI=1S/C14H22N2O2/c1-9-7-10(2)12(13(18-6)11(9)3)8-16(5)14(17)15-4/h7H,8H2,1-6H3,(H,15,17). The fourth-order valence-corrected chi connectivity index (χ4v) is 2.08. The first-order valence-electron chi connectivity index (χ1n) is 5.98. The maximum absolute atomic E-state index is 11.6. The van der Waals surface area contributed by atoms with Crippen molar-refractivity contribution in [2.45, 2.75) is 27.3 Å². The third-order valence-corrected chi connectivity index (χ3v) is 3.28. The molecule has 4 heteroatoms. The van der Waals surface area contributed by atoms with Crippen molar-refractivity contribution in [2.24, 2.45) is 0 Å². The number of carbonyl (C=O) groups excluding carboxylic acids is 1. The van der Waals surface area contributed by atoms with Crippen molar-refractivity contribution >= 4 is 6.03 Å². The van der Waals surface area contributed by atoms with Crippen LogP contribution in [0.15, 0.2) is 6.07 Å². The first kappa shape index (κ1) is 14.4. The van der Waals surface area contributed by atoms with Crippen LogP contribution >= 0.6 is 0 Å². The molecular weight excluding hydrogens is 228 g/mol. The van der Waals surface area contributed by atoms with Gasteiger partial charge in [-0.1, -0.05) is 6.07 Å². The first-order chi connectivity index (χ1) is 8.42. The number of ether oxygens (including phenoxy) is 1. The van der Waals surface area contributed by atoms with Gasteiger partial charge in [0.25, 0.3) is 0 Å². The number of nitrogens with zero attached hydrogens (tertiary/aromatic N) is 1. The molecule has 4 nitrogen and oxygen atoms in total. The molecule has 1 N–H and O–H groups in total. The predicted octanol–water partition coefficient (Wildman–Crippen LogP) is 2.39. The topological polar surface area (TPSA) is 41.6 Å². The molecular formula is C14H22N2O2. The summed E-state index contributed by atoms with van der Waals surface area (Å²) >= 11 is 0. The van der Waals surface area contributed by atoms with E-state index in [2.05, 4.69) is 18.3 Å². The molecule has 0 aromatic heterocycles. The minimum Gasteiger partial charge on any atom is -0.496 e. The molecule has 0 atom stereocenters. The van der Waals surface area contributed by atoms with Crippen LogP contribution in [0.3, 0.4) is 0 Å². The number of methoxy groups -OCH3 is 1. The highest BCUT2D eigenvalue weighted by atomic mass is 16.5. The highest BCUT2D eigenvalue weighted by Gasteiger charge is 2.16. The molecule has 0 saturated carbocycles. The summed E-state index contributed by atoms with van der Waals surface area (Å²) in [5.74, 6) is 0.878. The van der Waals surface area contributed by atoms with E-state index in [9.17, 15) is 4.79 Å². The maximum atomic E-state index is 11.6. The number of benzene rings is 1. The monoisotopic (exact) mass is 250 g/mol. The quantitative estimate of drug-likeness (QED) is 0.895. The van der Waals surface area contributed by atoms with Crippen molar-refractivity contribution in [2.75, 3.05) is 21.2 Å². The molecule has 2 amide bonds. The van der Waals surface area contributed by atoms with E-state index in [0.29, 0.717) is 6.54 Å². The molecule has 0 aliphatic carbocycles. The second kappa shape index (κ2) is 5.76. The maximum Gasteiger partial charge on any atom is 0.317 e. The lowest BCUT2D eigenvalue weighted by Crippen LogP contribution is -2.34. The van der Waals surface area contributed by atoms with Gasteiger partial charge in [0.1, 0.15) is 5.75 Å². The zero-order valence-electron chi connectivity index (χ0n) is 12.0. The fourth-order valence-electron chi connectivity index (χ4n) is 2.08. The summed E-state index contributed by atoms with van der Waals surface area (Å²) in [6.07, 6.45) is 0. The van der Waals surface area contributed by atoms with Crippen molar-refractivity contribution in [3.8, 4) is 5.75 Å². The first-order valence-corrected chi connectivity index (χ1v) is 5.98. The van der Waals surface area contributed by atoms with Crippen LogP contribution in [0.5, 0.6) is 5.75 Å². The summed E-state index contributed by atoms with van der Waals surface area (Å²) in [4.78, 5) is 13.2. The van der Waals surface area contributed by atoms with Crippen molar-refractivity contribution < 1.29 is 9.53 Å². The number of urea groups is 1. The number of hydrogen-bond acceptors (Lipinski definition) is 2. The average Bonchev–Trinajstić information content (AvgIpc) is 2.35. The number of nitrogens with one attached hydrogen (secondary N) is 1. The van der Waals surface area contributed by atoms with Crippen LogP contribution in [0.4, 0.5) is 4.79 Å². The highest BCUT2D eigenvalue weighted by Crippen LogP contribution is 2.30. The summed E-state index contributed by atoms with van der Waals surface area (Å²) in [6, 6.07) is 2.03. The third-order valence-electron chi connectivity index (χ3n) is 3.28. The minimum absolute atomic E-state index is 0.102. The van der Waals surface area contributed by atoms with Crippen molar-refractivity contribution in [3.63, 3.8) is 0 Å². The van der Waals surface area contributed by atoms with Gasteiger partial charge in [0, 0.05) is 19.7 Å².